The van der Waals surface area contributed by atoms with E-state index in [-0.39, 0.29) is 5.56 Å². The van der Waals surface area contributed by atoms with Crippen molar-refractivity contribution in [2.75, 3.05) is 18.0 Å². The number of carbonyl (C=O) groups is 2. The molecule has 2 rings (SSSR count). The molecule has 1 aliphatic heterocycles. The summed E-state index contributed by atoms with van der Waals surface area (Å²) in [5.74, 6) is -2.44. The minimum Gasteiger partial charge on any atom is -0.478 e. The number of piperidine rings is 1. The molecule has 9 heteroatoms. The summed E-state index contributed by atoms with van der Waals surface area (Å²) < 4.78 is 36.5. The SMILES string of the molecule is O=C(O)c1ccc(N2CCC(NC(=O)C(F)(F)F)CC2)nc1. The second-order valence-corrected chi connectivity index (χ2v) is 4.94. The van der Waals surface area contributed by atoms with Gasteiger partial charge in [0.15, 0.2) is 0 Å². The number of carboxylic acids is 1. The molecule has 0 aliphatic carbocycles. The number of aromatic carboxylic acids is 1. The minimum atomic E-state index is -4.87. The summed E-state index contributed by atoms with van der Waals surface area (Å²) >= 11 is 0. The Morgan fingerprint density at radius 3 is 2.36 bits per heavy atom. The lowest BCUT2D eigenvalue weighted by molar-refractivity contribution is -0.174. The molecule has 1 fully saturated rings. The van der Waals surface area contributed by atoms with Crippen LogP contribution in [0.5, 0.6) is 0 Å². The van der Waals surface area contributed by atoms with Crippen molar-refractivity contribution in [3.63, 3.8) is 0 Å². The molecule has 22 heavy (non-hydrogen) atoms. The second kappa shape index (κ2) is 6.20. The van der Waals surface area contributed by atoms with Gasteiger partial charge >= 0.3 is 18.1 Å². The Balaban J connectivity index is 1.89. The van der Waals surface area contributed by atoms with Crippen molar-refractivity contribution in [1.82, 2.24) is 10.3 Å². The average molecular weight is 317 g/mol. The molecule has 1 amide bonds. The van der Waals surface area contributed by atoms with Gasteiger partial charge in [-0.2, -0.15) is 13.2 Å². The number of nitrogens with zero attached hydrogens (tertiary/aromatic N) is 2. The quantitative estimate of drug-likeness (QED) is 0.881. The van der Waals surface area contributed by atoms with Crippen molar-refractivity contribution in [2.24, 2.45) is 0 Å². The number of carboxylic acid groups (broad SMARTS) is 1. The third-order valence-corrected chi connectivity index (χ3v) is 3.41. The lowest BCUT2D eigenvalue weighted by atomic mass is 10.0. The Morgan fingerprint density at radius 1 is 1.27 bits per heavy atom. The molecule has 6 nitrogen and oxygen atoms in total. The molecule has 0 atom stereocenters. The van der Waals surface area contributed by atoms with Crippen LogP contribution in [0.2, 0.25) is 0 Å². The van der Waals surface area contributed by atoms with E-state index in [1.165, 1.54) is 12.3 Å². The number of carbonyl (C=O) groups excluding carboxylic acids is 1. The van der Waals surface area contributed by atoms with Crippen LogP contribution in [0.3, 0.4) is 0 Å². The van der Waals surface area contributed by atoms with Gasteiger partial charge in [0, 0.05) is 25.3 Å². The molecule has 2 N–H and O–H groups in total. The van der Waals surface area contributed by atoms with Crippen molar-refractivity contribution in [1.29, 1.82) is 0 Å². The van der Waals surface area contributed by atoms with E-state index in [1.807, 2.05) is 10.2 Å². The lowest BCUT2D eigenvalue weighted by Gasteiger charge is -2.33. The van der Waals surface area contributed by atoms with Crippen LogP contribution in [0.15, 0.2) is 18.3 Å². The van der Waals surface area contributed by atoms with Crippen molar-refractivity contribution < 1.29 is 27.9 Å². The fraction of sp³-hybridized carbons (Fsp3) is 0.462. The Labute approximate surface area is 123 Å². The number of hydrogen-bond acceptors (Lipinski definition) is 4. The van der Waals surface area contributed by atoms with E-state index in [0.29, 0.717) is 31.7 Å². The van der Waals surface area contributed by atoms with E-state index in [9.17, 15) is 22.8 Å². The van der Waals surface area contributed by atoms with Crippen molar-refractivity contribution in [2.45, 2.75) is 25.1 Å². The first kappa shape index (κ1) is 16.1. The first-order valence-corrected chi connectivity index (χ1v) is 6.59. The molecule has 0 radical (unpaired) electrons. The van der Waals surface area contributed by atoms with E-state index in [2.05, 4.69) is 4.98 Å². The fourth-order valence-corrected chi connectivity index (χ4v) is 2.22. The number of halogens is 3. The predicted octanol–water partition coefficient (Wildman–Crippen LogP) is 1.43. The maximum absolute atomic E-state index is 12.2. The Morgan fingerprint density at radius 2 is 1.91 bits per heavy atom. The minimum absolute atomic E-state index is 0.0658. The molecule has 120 valence electrons. The van der Waals surface area contributed by atoms with Crippen LogP contribution in [0.25, 0.3) is 0 Å². The maximum atomic E-state index is 12.2. The van der Waals surface area contributed by atoms with Gasteiger partial charge in [-0.25, -0.2) is 9.78 Å². The summed E-state index contributed by atoms with van der Waals surface area (Å²) in [5.41, 5.74) is 0.0658. The van der Waals surface area contributed by atoms with Gasteiger partial charge in [0.25, 0.3) is 0 Å². The van der Waals surface area contributed by atoms with E-state index in [4.69, 9.17) is 5.11 Å². The van der Waals surface area contributed by atoms with Gasteiger partial charge in [0.1, 0.15) is 5.82 Å². The first-order valence-electron chi connectivity index (χ1n) is 6.59. The number of alkyl halides is 3. The molecule has 2 heterocycles. The van der Waals surface area contributed by atoms with Gasteiger partial charge < -0.3 is 15.3 Å². The zero-order valence-corrected chi connectivity index (χ0v) is 11.4. The Kier molecular flexibility index (Phi) is 4.53. The van der Waals surface area contributed by atoms with Crippen molar-refractivity contribution in [3.8, 4) is 0 Å². The number of hydrogen-bond donors (Lipinski definition) is 2. The summed E-state index contributed by atoms with van der Waals surface area (Å²) in [4.78, 5) is 27.5. The number of nitrogens with one attached hydrogen (secondary N) is 1. The number of anilines is 1. The number of pyridine rings is 1. The van der Waals surface area contributed by atoms with Crippen LogP contribution in [0.4, 0.5) is 19.0 Å². The van der Waals surface area contributed by atoms with E-state index >= 15 is 0 Å². The Bertz CT molecular complexity index is 552. The largest absolute Gasteiger partial charge is 0.478 e. The van der Waals surface area contributed by atoms with Crippen LogP contribution in [0.1, 0.15) is 23.2 Å². The van der Waals surface area contributed by atoms with Crippen molar-refractivity contribution >= 4 is 17.7 Å². The van der Waals surface area contributed by atoms with Gasteiger partial charge in [0.2, 0.25) is 0 Å². The monoisotopic (exact) mass is 317 g/mol. The summed E-state index contributed by atoms with van der Waals surface area (Å²) in [6.07, 6.45) is -2.91. The molecule has 0 aromatic carbocycles. The molecule has 1 aromatic heterocycles. The second-order valence-electron chi connectivity index (χ2n) is 4.94. The number of rotatable bonds is 3. The van der Waals surface area contributed by atoms with Crippen LogP contribution in [-0.4, -0.2) is 47.3 Å². The highest BCUT2D eigenvalue weighted by molar-refractivity contribution is 5.87. The zero-order chi connectivity index (χ0) is 16.3. The summed E-state index contributed by atoms with van der Waals surface area (Å²) in [6.45, 7) is 0.866. The van der Waals surface area contributed by atoms with Crippen LogP contribution in [-0.2, 0) is 4.79 Å². The molecular weight excluding hydrogens is 303 g/mol. The van der Waals surface area contributed by atoms with Gasteiger partial charge in [0.05, 0.1) is 5.56 Å². The van der Waals surface area contributed by atoms with E-state index < -0.39 is 24.1 Å². The Hall–Kier alpha value is -2.32. The fourth-order valence-electron chi connectivity index (χ4n) is 2.22. The number of aromatic nitrogens is 1. The standard InChI is InChI=1S/C13H14F3N3O3/c14-13(15,16)12(22)18-9-3-5-19(6-4-9)10-2-1-8(7-17-10)11(20)21/h1-2,7,9H,3-6H2,(H,18,22)(H,20,21). The zero-order valence-electron chi connectivity index (χ0n) is 11.4. The maximum Gasteiger partial charge on any atom is 0.471 e. The molecule has 1 aliphatic rings. The first-order chi connectivity index (χ1) is 10.3. The van der Waals surface area contributed by atoms with Gasteiger partial charge in [-0.1, -0.05) is 0 Å². The van der Waals surface area contributed by atoms with E-state index in [0.717, 1.165) is 0 Å². The lowest BCUT2D eigenvalue weighted by Crippen LogP contribution is -2.48. The van der Waals surface area contributed by atoms with Crippen LogP contribution >= 0.6 is 0 Å². The molecule has 1 saturated heterocycles. The number of amides is 1. The van der Waals surface area contributed by atoms with E-state index in [1.54, 1.807) is 6.07 Å². The molecule has 0 spiro atoms. The normalized spacial score (nSPS) is 16.4. The molecule has 0 bridgehead atoms. The van der Waals surface area contributed by atoms with Gasteiger partial charge in [-0.3, -0.25) is 4.79 Å². The highest BCUT2D eigenvalue weighted by atomic mass is 19.4. The topological polar surface area (TPSA) is 82.5 Å². The summed E-state index contributed by atoms with van der Waals surface area (Å²) in [5, 5.41) is 10.8. The van der Waals surface area contributed by atoms with Gasteiger partial charge in [-0.05, 0) is 25.0 Å². The molecule has 0 unspecified atom stereocenters. The summed E-state index contributed by atoms with van der Waals surface area (Å²) in [6, 6.07) is 2.45. The summed E-state index contributed by atoms with van der Waals surface area (Å²) in [7, 11) is 0. The highest BCUT2D eigenvalue weighted by Gasteiger charge is 2.40. The van der Waals surface area contributed by atoms with Gasteiger partial charge in [-0.15, -0.1) is 0 Å². The third-order valence-electron chi connectivity index (χ3n) is 3.41. The van der Waals surface area contributed by atoms with Crippen LogP contribution in [0, 0.1) is 0 Å². The van der Waals surface area contributed by atoms with Crippen LogP contribution < -0.4 is 10.2 Å². The third kappa shape index (κ3) is 3.86. The molecule has 0 saturated carbocycles. The molecular formula is C13H14F3N3O3. The predicted molar refractivity (Wildman–Crippen MR) is 70.6 cm³/mol. The average Bonchev–Trinajstić information content (AvgIpc) is 2.47. The smallest absolute Gasteiger partial charge is 0.471 e. The highest BCUT2D eigenvalue weighted by Crippen LogP contribution is 2.20. The molecule has 1 aromatic rings. The van der Waals surface area contributed by atoms with Crippen molar-refractivity contribution in [3.05, 3.63) is 23.9 Å².